The number of benzene rings is 1. The number of piperazine rings is 1. The van der Waals surface area contributed by atoms with Crippen molar-refractivity contribution < 1.29 is 0 Å². The fraction of sp³-hybridized carbons (Fsp3) is 0.391. The number of halogens is 1. The number of nitrogens with zero attached hydrogens (tertiary/aromatic N) is 4. The van der Waals surface area contributed by atoms with Gasteiger partial charge in [0, 0.05) is 45.5 Å². The van der Waals surface area contributed by atoms with Gasteiger partial charge in [-0.25, -0.2) is 4.99 Å². The van der Waals surface area contributed by atoms with Crippen molar-refractivity contribution in [2.45, 2.75) is 20.4 Å². The second kappa shape index (κ2) is 12.6. The van der Waals surface area contributed by atoms with Crippen LogP contribution in [0, 0.1) is 6.92 Å². The SMILES string of the molecule is CCNC(=NCc1ncccc1C)N1CCN(C/C=C/c2ccccc2)CC1.I. The van der Waals surface area contributed by atoms with Crippen molar-refractivity contribution in [3.63, 3.8) is 0 Å². The highest BCUT2D eigenvalue weighted by Crippen LogP contribution is 2.08. The minimum absolute atomic E-state index is 0. The second-order valence-corrected chi connectivity index (χ2v) is 7.04. The van der Waals surface area contributed by atoms with Crippen LogP contribution in [0.2, 0.25) is 0 Å². The van der Waals surface area contributed by atoms with Gasteiger partial charge in [-0.3, -0.25) is 9.88 Å². The highest BCUT2D eigenvalue weighted by Gasteiger charge is 2.18. The lowest BCUT2D eigenvalue weighted by atomic mass is 10.2. The van der Waals surface area contributed by atoms with Crippen LogP contribution in [0.1, 0.15) is 23.7 Å². The lowest BCUT2D eigenvalue weighted by Crippen LogP contribution is -2.52. The Labute approximate surface area is 192 Å². The highest BCUT2D eigenvalue weighted by molar-refractivity contribution is 14.0. The molecule has 1 aliphatic rings. The molecule has 5 nitrogen and oxygen atoms in total. The molecule has 1 fully saturated rings. The summed E-state index contributed by atoms with van der Waals surface area (Å²) in [6.07, 6.45) is 6.30. The molecule has 1 aromatic heterocycles. The number of nitrogens with one attached hydrogen (secondary N) is 1. The van der Waals surface area contributed by atoms with Crippen LogP contribution >= 0.6 is 24.0 Å². The monoisotopic (exact) mass is 505 g/mol. The molecule has 0 spiro atoms. The van der Waals surface area contributed by atoms with Crippen molar-refractivity contribution in [1.29, 1.82) is 0 Å². The number of hydrogen-bond donors (Lipinski definition) is 1. The van der Waals surface area contributed by atoms with Crippen molar-refractivity contribution in [3.05, 3.63) is 71.6 Å². The molecule has 0 amide bonds. The maximum absolute atomic E-state index is 4.83. The van der Waals surface area contributed by atoms with E-state index in [1.165, 1.54) is 11.1 Å². The Morgan fingerprint density at radius 3 is 2.55 bits per heavy atom. The molecule has 0 atom stereocenters. The zero-order valence-electron chi connectivity index (χ0n) is 17.4. The molecule has 2 heterocycles. The average molecular weight is 505 g/mol. The van der Waals surface area contributed by atoms with Gasteiger partial charge < -0.3 is 10.2 Å². The normalized spacial score (nSPS) is 15.4. The maximum Gasteiger partial charge on any atom is 0.194 e. The number of aliphatic imine (C=N–C) groups is 1. The van der Waals surface area contributed by atoms with E-state index in [4.69, 9.17) is 4.99 Å². The molecular formula is C23H32IN5. The molecule has 0 aliphatic carbocycles. The third-order valence-electron chi connectivity index (χ3n) is 4.98. The van der Waals surface area contributed by atoms with Gasteiger partial charge in [-0.2, -0.15) is 0 Å². The van der Waals surface area contributed by atoms with E-state index in [0.29, 0.717) is 6.54 Å². The molecule has 1 aromatic carbocycles. The highest BCUT2D eigenvalue weighted by atomic mass is 127. The molecule has 0 bridgehead atoms. The van der Waals surface area contributed by atoms with Crippen molar-refractivity contribution in [2.24, 2.45) is 4.99 Å². The third kappa shape index (κ3) is 7.44. The second-order valence-electron chi connectivity index (χ2n) is 7.04. The van der Waals surface area contributed by atoms with E-state index >= 15 is 0 Å². The average Bonchev–Trinajstić information content (AvgIpc) is 2.73. The Kier molecular flexibility index (Phi) is 10.1. The Balaban J connectivity index is 0.00000300. The first kappa shape index (κ1) is 23.3. The van der Waals surface area contributed by atoms with Crippen LogP contribution in [-0.2, 0) is 6.54 Å². The summed E-state index contributed by atoms with van der Waals surface area (Å²) in [6, 6.07) is 14.5. The van der Waals surface area contributed by atoms with Crippen LogP contribution in [0.15, 0.2) is 59.7 Å². The van der Waals surface area contributed by atoms with E-state index in [9.17, 15) is 0 Å². The number of aryl methyl sites for hydroxylation is 1. The first-order chi connectivity index (χ1) is 13.8. The van der Waals surface area contributed by atoms with Crippen LogP contribution in [0.5, 0.6) is 0 Å². The topological polar surface area (TPSA) is 43.8 Å². The number of rotatable bonds is 6. The minimum atomic E-state index is 0. The van der Waals surface area contributed by atoms with E-state index in [-0.39, 0.29) is 24.0 Å². The van der Waals surface area contributed by atoms with Gasteiger partial charge in [-0.05, 0) is 31.0 Å². The summed E-state index contributed by atoms with van der Waals surface area (Å²) >= 11 is 0. The van der Waals surface area contributed by atoms with Crippen LogP contribution in [0.25, 0.3) is 6.08 Å². The molecule has 1 saturated heterocycles. The number of aromatic nitrogens is 1. The molecule has 6 heteroatoms. The smallest absolute Gasteiger partial charge is 0.194 e. The Morgan fingerprint density at radius 1 is 1.10 bits per heavy atom. The van der Waals surface area contributed by atoms with Gasteiger partial charge in [0.2, 0.25) is 0 Å². The molecule has 1 N–H and O–H groups in total. The summed E-state index contributed by atoms with van der Waals surface area (Å²) in [6.45, 7) is 10.8. The number of guanidine groups is 1. The van der Waals surface area contributed by atoms with Crippen molar-refractivity contribution in [2.75, 3.05) is 39.3 Å². The lowest BCUT2D eigenvalue weighted by molar-refractivity contribution is 0.194. The molecule has 29 heavy (non-hydrogen) atoms. The van der Waals surface area contributed by atoms with Gasteiger partial charge in [0.1, 0.15) is 0 Å². The minimum Gasteiger partial charge on any atom is -0.357 e. The van der Waals surface area contributed by atoms with Crippen LogP contribution in [-0.4, -0.2) is 60.0 Å². The third-order valence-corrected chi connectivity index (χ3v) is 4.98. The standard InChI is InChI=1S/C23H31N5.HI/c1-3-24-23(26-19-22-20(2)9-7-13-25-22)28-17-15-27(16-18-28)14-8-12-21-10-5-4-6-11-21;/h4-13H,3,14-19H2,1-2H3,(H,24,26);1H/b12-8+;. The van der Waals surface area contributed by atoms with Gasteiger partial charge in [0.05, 0.1) is 12.2 Å². The summed E-state index contributed by atoms with van der Waals surface area (Å²) in [7, 11) is 0. The molecule has 0 saturated carbocycles. The first-order valence-electron chi connectivity index (χ1n) is 10.1. The molecule has 156 valence electrons. The molecule has 1 aliphatic heterocycles. The molecule has 2 aromatic rings. The molecule has 0 unspecified atom stereocenters. The van der Waals surface area contributed by atoms with Gasteiger partial charge in [-0.15, -0.1) is 24.0 Å². The lowest BCUT2D eigenvalue weighted by Gasteiger charge is -2.36. The maximum atomic E-state index is 4.83. The Morgan fingerprint density at radius 2 is 1.86 bits per heavy atom. The van der Waals surface area contributed by atoms with Gasteiger partial charge >= 0.3 is 0 Å². The number of hydrogen-bond acceptors (Lipinski definition) is 3. The Hall–Kier alpha value is -1.93. The van der Waals surface area contributed by atoms with E-state index in [2.05, 4.69) is 82.5 Å². The largest absolute Gasteiger partial charge is 0.357 e. The predicted octanol–water partition coefficient (Wildman–Crippen LogP) is 3.80. The molecule has 3 rings (SSSR count). The zero-order valence-corrected chi connectivity index (χ0v) is 19.8. The fourth-order valence-electron chi connectivity index (χ4n) is 3.30. The summed E-state index contributed by atoms with van der Waals surface area (Å²) in [5.41, 5.74) is 3.49. The van der Waals surface area contributed by atoms with Crippen molar-refractivity contribution >= 4 is 36.0 Å². The van der Waals surface area contributed by atoms with Crippen molar-refractivity contribution in [1.82, 2.24) is 20.1 Å². The van der Waals surface area contributed by atoms with Crippen molar-refractivity contribution in [3.8, 4) is 0 Å². The van der Waals surface area contributed by atoms with E-state index in [0.717, 1.165) is 50.9 Å². The van der Waals surface area contributed by atoms with Crippen LogP contribution in [0.3, 0.4) is 0 Å². The quantitative estimate of drug-likeness (QED) is 0.369. The summed E-state index contributed by atoms with van der Waals surface area (Å²) in [5, 5.41) is 3.44. The van der Waals surface area contributed by atoms with Crippen LogP contribution in [0.4, 0.5) is 0 Å². The predicted molar refractivity (Wildman–Crippen MR) is 133 cm³/mol. The van der Waals surface area contributed by atoms with Gasteiger partial charge in [0.15, 0.2) is 5.96 Å². The van der Waals surface area contributed by atoms with Gasteiger partial charge in [-0.1, -0.05) is 48.6 Å². The van der Waals surface area contributed by atoms with E-state index < -0.39 is 0 Å². The summed E-state index contributed by atoms with van der Waals surface area (Å²) in [5.74, 6) is 0.993. The van der Waals surface area contributed by atoms with Crippen LogP contribution < -0.4 is 5.32 Å². The van der Waals surface area contributed by atoms with E-state index in [1.54, 1.807) is 0 Å². The first-order valence-corrected chi connectivity index (χ1v) is 10.1. The molecular weight excluding hydrogens is 473 g/mol. The zero-order chi connectivity index (χ0) is 19.6. The Bertz CT molecular complexity index is 783. The number of pyridine rings is 1. The molecule has 0 radical (unpaired) electrons. The fourth-order valence-corrected chi connectivity index (χ4v) is 3.30. The van der Waals surface area contributed by atoms with E-state index in [1.807, 2.05) is 12.3 Å². The van der Waals surface area contributed by atoms with Gasteiger partial charge in [0.25, 0.3) is 0 Å². The summed E-state index contributed by atoms with van der Waals surface area (Å²) < 4.78 is 0. The summed E-state index contributed by atoms with van der Waals surface area (Å²) in [4.78, 5) is 14.1.